The first-order valence-electron chi connectivity index (χ1n) is 14.3. The van der Waals surface area contributed by atoms with E-state index in [1.807, 2.05) is 30.3 Å². The molecule has 1 spiro atoms. The Morgan fingerprint density at radius 3 is 2.17 bits per heavy atom. The lowest BCUT2D eigenvalue weighted by atomic mass is 9.76. The Balaban J connectivity index is 1.25. The third kappa shape index (κ3) is 3.02. The van der Waals surface area contributed by atoms with Crippen LogP contribution < -0.4 is 0 Å². The summed E-state index contributed by atoms with van der Waals surface area (Å²) in [5.74, 6) is 0.663. The molecule has 0 bridgehead atoms. The average Bonchev–Trinajstić information content (AvgIpc) is 3.75. The number of aromatic nitrogens is 1. The van der Waals surface area contributed by atoms with Gasteiger partial charge in [-0.2, -0.15) is 0 Å². The average molecular weight is 514 g/mol. The minimum atomic E-state index is 0.172. The van der Waals surface area contributed by atoms with Gasteiger partial charge in [0.25, 0.3) is 0 Å². The number of nitrogens with zero attached hydrogens (tertiary/aromatic N) is 1. The highest BCUT2D eigenvalue weighted by Crippen LogP contribution is 2.57. The summed E-state index contributed by atoms with van der Waals surface area (Å²) >= 11 is 0. The maximum Gasteiger partial charge on any atom is 0.227 e. The van der Waals surface area contributed by atoms with Crippen molar-refractivity contribution >= 4 is 32.6 Å². The molecule has 1 fully saturated rings. The molecule has 9 rings (SSSR count). The standard InChI is InChI=1S/C38H27NO/c1-2-8-26(9-3-1)37-39-34-19-17-25-14-12-24-13-15-27(22-31(24)35(25)36(34)40-37)28-16-18-30-29-10-4-5-11-32(29)38(33(30)23-28)20-6-7-21-38/h1-5,8-19,22-23H,6-7,20-21H2. The van der Waals surface area contributed by atoms with Crippen LogP contribution in [-0.4, -0.2) is 4.98 Å². The lowest BCUT2D eigenvalue weighted by Crippen LogP contribution is -2.20. The van der Waals surface area contributed by atoms with Crippen LogP contribution >= 0.6 is 0 Å². The fourth-order valence-corrected chi connectivity index (χ4v) is 7.56. The molecule has 1 aromatic heterocycles. The van der Waals surface area contributed by atoms with E-state index in [1.165, 1.54) is 75.2 Å². The lowest BCUT2D eigenvalue weighted by Gasteiger charge is -2.27. The van der Waals surface area contributed by atoms with E-state index in [2.05, 4.69) is 84.9 Å². The van der Waals surface area contributed by atoms with Gasteiger partial charge in [-0.15, -0.1) is 0 Å². The van der Waals surface area contributed by atoms with Crippen molar-refractivity contribution in [2.75, 3.05) is 0 Å². The molecule has 190 valence electrons. The third-order valence-corrected chi connectivity index (χ3v) is 9.43. The Morgan fingerprint density at radius 1 is 0.575 bits per heavy atom. The van der Waals surface area contributed by atoms with E-state index in [4.69, 9.17) is 9.40 Å². The van der Waals surface area contributed by atoms with Crippen LogP contribution in [0.1, 0.15) is 36.8 Å². The van der Waals surface area contributed by atoms with Crippen LogP contribution in [0.4, 0.5) is 0 Å². The van der Waals surface area contributed by atoms with Gasteiger partial charge in [-0.05, 0) is 92.7 Å². The van der Waals surface area contributed by atoms with Gasteiger partial charge in [0.15, 0.2) is 5.58 Å². The molecule has 2 heteroatoms. The van der Waals surface area contributed by atoms with Gasteiger partial charge in [-0.25, -0.2) is 4.98 Å². The number of fused-ring (bicyclic) bond motifs is 10. The summed E-state index contributed by atoms with van der Waals surface area (Å²) in [6.07, 6.45) is 5.10. The van der Waals surface area contributed by atoms with Crippen molar-refractivity contribution in [2.45, 2.75) is 31.1 Å². The molecular formula is C38H27NO. The summed E-state index contributed by atoms with van der Waals surface area (Å²) in [7, 11) is 0. The van der Waals surface area contributed by atoms with E-state index in [1.54, 1.807) is 0 Å². The van der Waals surface area contributed by atoms with E-state index in [0.717, 1.165) is 22.0 Å². The first-order valence-corrected chi connectivity index (χ1v) is 14.3. The van der Waals surface area contributed by atoms with E-state index in [0.29, 0.717) is 5.89 Å². The predicted molar refractivity (Wildman–Crippen MR) is 165 cm³/mol. The third-order valence-electron chi connectivity index (χ3n) is 9.43. The largest absolute Gasteiger partial charge is 0.435 e. The van der Waals surface area contributed by atoms with Gasteiger partial charge in [0.1, 0.15) is 5.52 Å². The van der Waals surface area contributed by atoms with Crippen molar-refractivity contribution in [3.63, 3.8) is 0 Å². The highest BCUT2D eigenvalue weighted by atomic mass is 16.3. The summed E-state index contributed by atoms with van der Waals surface area (Å²) < 4.78 is 6.47. The van der Waals surface area contributed by atoms with E-state index >= 15 is 0 Å². The van der Waals surface area contributed by atoms with Crippen LogP contribution in [0, 0.1) is 0 Å². The van der Waals surface area contributed by atoms with Crippen molar-refractivity contribution in [1.29, 1.82) is 0 Å². The fraction of sp³-hybridized carbons (Fsp3) is 0.132. The minimum Gasteiger partial charge on any atom is -0.435 e. The Labute approximate surface area is 232 Å². The van der Waals surface area contributed by atoms with Crippen molar-refractivity contribution in [1.82, 2.24) is 4.98 Å². The molecule has 2 aliphatic rings. The quantitative estimate of drug-likeness (QED) is 0.215. The SMILES string of the molecule is c1ccc(-c2nc3ccc4ccc5ccc(-c6ccc7c(c6)C6(CCCC6)c6ccccc6-7)cc5c4c3o2)cc1. The molecule has 2 nitrogen and oxygen atoms in total. The van der Waals surface area contributed by atoms with E-state index in [9.17, 15) is 0 Å². The van der Waals surface area contributed by atoms with Crippen molar-refractivity contribution in [2.24, 2.45) is 0 Å². The van der Waals surface area contributed by atoms with Crippen molar-refractivity contribution in [3.05, 3.63) is 126 Å². The van der Waals surface area contributed by atoms with Gasteiger partial charge in [0, 0.05) is 16.4 Å². The van der Waals surface area contributed by atoms with Gasteiger partial charge in [0.05, 0.1) is 0 Å². The number of hydrogen-bond donors (Lipinski definition) is 0. The van der Waals surface area contributed by atoms with Gasteiger partial charge >= 0.3 is 0 Å². The van der Waals surface area contributed by atoms with Crippen LogP contribution in [0.25, 0.3) is 66.4 Å². The number of hydrogen-bond acceptors (Lipinski definition) is 2. The molecule has 2 aliphatic carbocycles. The highest BCUT2D eigenvalue weighted by molar-refractivity contribution is 6.18. The second-order valence-electron chi connectivity index (χ2n) is 11.5. The molecule has 40 heavy (non-hydrogen) atoms. The maximum absolute atomic E-state index is 6.47. The van der Waals surface area contributed by atoms with Gasteiger partial charge < -0.3 is 4.42 Å². The van der Waals surface area contributed by atoms with Crippen LogP contribution in [0.2, 0.25) is 0 Å². The Morgan fingerprint density at radius 2 is 1.27 bits per heavy atom. The van der Waals surface area contributed by atoms with E-state index < -0.39 is 0 Å². The smallest absolute Gasteiger partial charge is 0.227 e. The molecular weight excluding hydrogens is 486 g/mol. The van der Waals surface area contributed by atoms with Gasteiger partial charge in [0.2, 0.25) is 5.89 Å². The Hall–Kier alpha value is -4.69. The topological polar surface area (TPSA) is 26.0 Å². The molecule has 7 aromatic rings. The maximum atomic E-state index is 6.47. The lowest BCUT2D eigenvalue weighted by molar-refractivity contribution is 0.550. The molecule has 1 heterocycles. The molecule has 0 N–H and O–H groups in total. The number of benzene rings is 6. The summed E-state index contributed by atoms with van der Waals surface area (Å²) in [4.78, 5) is 4.85. The zero-order valence-electron chi connectivity index (χ0n) is 22.2. The molecule has 0 aliphatic heterocycles. The summed E-state index contributed by atoms with van der Waals surface area (Å²) in [6.45, 7) is 0. The summed E-state index contributed by atoms with van der Waals surface area (Å²) in [5, 5.41) is 4.72. The predicted octanol–water partition coefficient (Wildman–Crippen LogP) is 10.3. The normalized spacial score (nSPS) is 15.3. The van der Waals surface area contributed by atoms with Crippen molar-refractivity contribution in [3.8, 4) is 33.7 Å². The minimum absolute atomic E-state index is 0.172. The molecule has 0 radical (unpaired) electrons. The summed E-state index contributed by atoms with van der Waals surface area (Å²) in [6, 6.07) is 41.9. The first kappa shape index (κ1) is 22.2. The molecule has 1 saturated carbocycles. The van der Waals surface area contributed by atoms with Crippen LogP contribution in [0.3, 0.4) is 0 Å². The molecule has 0 atom stereocenters. The molecule has 0 saturated heterocycles. The molecule has 0 amide bonds. The first-order chi connectivity index (χ1) is 19.8. The van der Waals surface area contributed by atoms with Gasteiger partial charge in [-0.1, -0.05) is 97.8 Å². The van der Waals surface area contributed by atoms with Crippen LogP contribution in [0.15, 0.2) is 120 Å². The van der Waals surface area contributed by atoms with Crippen LogP contribution in [-0.2, 0) is 5.41 Å². The number of oxazole rings is 1. The van der Waals surface area contributed by atoms with Gasteiger partial charge in [-0.3, -0.25) is 0 Å². The monoisotopic (exact) mass is 513 g/mol. The Kier molecular flexibility index (Phi) is 4.52. The zero-order chi connectivity index (χ0) is 26.3. The highest BCUT2D eigenvalue weighted by Gasteiger charge is 2.44. The zero-order valence-corrected chi connectivity index (χ0v) is 22.2. The van der Waals surface area contributed by atoms with Crippen LogP contribution in [0.5, 0.6) is 0 Å². The second kappa shape index (κ2) is 8.16. The Bertz CT molecular complexity index is 2110. The molecule has 6 aromatic carbocycles. The fourth-order valence-electron chi connectivity index (χ4n) is 7.56. The summed E-state index contributed by atoms with van der Waals surface area (Å²) in [5.41, 5.74) is 11.3. The number of rotatable bonds is 2. The van der Waals surface area contributed by atoms with E-state index in [-0.39, 0.29) is 5.41 Å². The second-order valence-corrected chi connectivity index (χ2v) is 11.5. The van der Waals surface area contributed by atoms with Crippen molar-refractivity contribution < 1.29 is 4.42 Å². The molecule has 0 unspecified atom stereocenters.